The molecule has 0 saturated heterocycles. The van der Waals surface area contributed by atoms with Crippen molar-refractivity contribution < 1.29 is 44.5 Å². The van der Waals surface area contributed by atoms with Gasteiger partial charge in [-0.2, -0.15) is 0 Å². The predicted molar refractivity (Wildman–Crippen MR) is 201 cm³/mol. The summed E-state index contributed by atoms with van der Waals surface area (Å²) in [6.45, 7) is 2.01. The molecule has 5 N–H and O–H groups in total. The van der Waals surface area contributed by atoms with Crippen LogP contribution in [-0.4, -0.2) is 76.2 Å². The van der Waals surface area contributed by atoms with Gasteiger partial charge in [-0.15, -0.1) is 0 Å². The molecule has 51 heavy (non-hydrogen) atoms. The fourth-order valence-electron chi connectivity index (χ4n) is 8.61. The second-order valence-electron chi connectivity index (χ2n) is 14.5. The number of aliphatic hydroxyl groups excluding tert-OH is 3. The van der Waals surface area contributed by atoms with E-state index in [0.717, 1.165) is 78.5 Å². The van der Waals surface area contributed by atoms with Gasteiger partial charge in [0.15, 0.2) is 17.6 Å². The van der Waals surface area contributed by atoms with Crippen molar-refractivity contribution in [1.29, 1.82) is 0 Å². The van der Waals surface area contributed by atoms with Crippen molar-refractivity contribution in [2.24, 2.45) is 5.92 Å². The number of phenols is 2. The SMILES string of the molecule is COc1cc([C@@H]2Oc3cc(OCCO)c4c5c3[C@@H](CSSCC[C@@H](C)CC[C@@H](c3cc(O)ccc3-4)[C@@H]5CO)[C@H]2O)cc(OC2CCCCC2)c1O. The third kappa shape index (κ3) is 7.21. The Balaban J connectivity index is 1.41. The summed E-state index contributed by atoms with van der Waals surface area (Å²) in [5.41, 5.74) is 5.07. The van der Waals surface area contributed by atoms with E-state index < -0.39 is 12.2 Å². The monoisotopic (exact) mass is 738 g/mol. The molecule has 2 aliphatic carbocycles. The van der Waals surface area contributed by atoms with E-state index in [2.05, 4.69) is 6.92 Å². The third-order valence-corrected chi connectivity index (χ3v) is 13.7. The van der Waals surface area contributed by atoms with Gasteiger partial charge in [0.05, 0.1) is 26.4 Å². The molecule has 1 fully saturated rings. The Labute approximate surface area is 308 Å². The van der Waals surface area contributed by atoms with Gasteiger partial charge in [0, 0.05) is 46.1 Å². The first-order chi connectivity index (χ1) is 24.8. The molecule has 276 valence electrons. The number of hydrogen-bond acceptors (Lipinski definition) is 11. The normalized spacial score (nSPS) is 26.5. The summed E-state index contributed by atoms with van der Waals surface area (Å²) >= 11 is 0. The van der Waals surface area contributed by atoms with Crippen LogP contribution in [0.2, 0.25) is 0 Å². The number of hydrogen-bond donors (Lipinski definition) is 5. The number of rotatable bonds is 8. The van der Waals surface area contributed by atoms with Crippen LogP contribution in [0.3, 0.4) is 0 Å². The molecule has 4 aliphatic rings. The molecule has 2 bridgehead atoms. The maximum Gasteiger partial charge on any atom is 0.200 e. The van der Waals surface area contributed by atoms with Crippen LogP contribution < -0.4 is 18.9 Å². The second-order valence-corrected chi connectivity index (χ2v) is 17.1. The molecule has 11 heteroatoms. The van der Waals surface area contributed by atoms with Crippen LogP contribution in [0.4, 0.5) is 0 Å². The van der Waals surface area contributed by atoms with Crippen molar-refractivity contribution in [3.05, 3.63) is 58.7 Å². The van der Waals surface area contributed by atoms with E-state index in [4.69, 9.17) is 18.9 Å². The van der Waals surface area contributed by atoms with Crippen molar-refractivity contribution >= 4 is 21.6 Å². The molecule has 0 unspecified atom stereocenters. The fourth-order valence-corrected chi connectivity index (χ4v) is 11.2. The molecule has 9 nitrogen and oxygen atoms in total. The predicted octanol–water partition coefficient (Wildman–Crippen LogP) is 7.81. The molecule has 0 radical (unpaired) electrons. The third-order valence-electron chi connectivity index (χ3n) is 11.2. The van der Waals surface area contributed by atoms with Crippen molar-refractivity contribution in [3.8, 4) is 45.6 Å². The van der Waals surface area contributed by atoms with Gasteiger partial charge in [-0.1, -0.05) is 47.4 Å². The minimum Gasteiger partial charge on any atom is -0.508 e. The number of ether oxygens (including phenoxy) is 4. The Kier molecular flexibility index (Phi) is 11.4. The Morgan fingerprint density at radius 2 is 1.67 bits per heavy atom. The molecular formula is C40H50O9S2. The van der Waals surface area contributed by atoms with Gasteiger partial charge >= 0.3 is 0 Å². The summed E-state index contributed by atoms with van der Waals surface area (Å²) in [6.07, 6.45) is 6.17. The van der Waals surface area contributed by atoms with Crippen molar-refractivity contribution in [1.82, 2.24) is 0 Å². The number of fused-ring (bicyclic) bond motifs is 4. The summed E-state index contributed by atoms with van der Waals surface area (Å²) in [4.78, 5) is 0. The smallest absolute Gasteiger partial charge is 0.200 e. The molecular weight excluding hydrogens is 689 g/mol. The van der Waals surface area contributed by atoms with Gasteiger partial charge in [0.2, 0.25) is 5.75 Å². The Morgan fingerprint density at radius 1 is 0.863 bits per heavy atom. The zero-order chi connectivity index (χ0) is 35.6. The first kappa shape index (κ1) is 36.4. The first-order valence-electron chi connectivity index (χ1n) is 18.4. The number of aromatic hydroxyl groups is 2. The molecule has 7 rings (SSSR count). The number of phenolic OH excluding ortho intramolecular Hbond substituents is 2. The highest BCUT2D eigenvalue weighted by Gasteiger charge is 2.46. The standard InChI is InChI=1S/C40H50O9S2/c1-22-8-10-26-28-18-24(43)9-11-27(28)35-31(47-14-13-41)19-32-36(37(35)29(26)20-42)30(21-51-50-15-12-22)38(44)40(49-32)23-16-33(46-2)39(45)34(17-23)48-25-6-4-3-5-7-25/h9,11,16-19,22,25-26,29-30,38,40-45H,3-8,10,12-15,20-21H2,1-2H3/t22-,26-,29-,30+,38+,40-/m0/s1. The Morgan fingerprint density at radius 3 is 2.43 bits per heavy atom. The highest BCUT2D eigenvalue weighted by molar-refractivity contribution is 8.76. The quantitative estimate of drug-likeness (QED) is 0.145. The number of methoxy groups -OCH3 is 1. The molecule has 2 aliphatic heterocycles. The highest BCUT2D eigenvalue weighted by Crippen LogP contribution is 2.60. The summed E-state index contributed by atoms with van der Waals surface area (Å²) in [6, 6.07) is 10.8. The lowest BCUT2D eigenvalue weighted by Gasteiger charge is -2.43. The topological polar surface area (TPSA) is 138 Å². The zero-order valence-corrected chi connectivity index (χ0v) is 31.0. The van der Waals surface area contributed by atoms with E-state index in [-0.39, 0.29) is 60.9 Å². The molecule has 0 amide bonds. The lowest BCUT2D eigenvalue weighted by molar-refractivity contribution is 0.00373. The highest BCUT2D eigenvalue weighted by atomic mass is 33.1. The van der Waals surface area contributed by atoms with E-state index in [0.29, 0.717) is 34.5 Å². The first-order valence-corrected chi connectivity index (χ1v) is 20.9. The van der Waals surface area contributed by atoms with Gasteiger partial charge in [0.1, 0.15) is 30.0 Å². The van der Waals surface area contributed by atoms with Crippen molar-refractivity contribution in [3.63, 3.8) is 0 Å². The van der Waals surface area contributed by atoms with E-state index in [1.165, 1.54) is 13.5 Å². The summed E-state index contributed by atoms with van der Waals surface area (Å²) in [7, 11) is 5.06. The maximum absolute atomic E-state index is 12.5. The van der Waals surface area contributed by atoms with Gasteiger partial charge < -0.3 is 44.5 Å². The fraction of sp³-hybridized carbons (Fsp3) is 0.550. The van der Waals surface area contributed by atoms with Crippen LogP contribution in [0.15, 0.2) is 36.4 Å². The second kappa shape index (κ2) is 16.0. The van der Waals surface area contributed by atoms with Crippen molar-refractivity contribution in [2.75, 3.05) is 38.4 Å². The summed E-state index contributed by atoms with van der Waals surface area (Å²) in [5, 5.41) is 55.4. The maximum atomic E-state index is 12.5. The van der Waals surface area contributed by atoms with E-state index in [1.807, 2.05) is 29.0 Å². The average Bonchev–Trinajstić information content (AvgIpc) is 3.14. The number of aliphatic hydroxyl groups is 3. The van der Waals surface area contributed by atoms with Crippen LogP contribution in [0, 0.1) is 5.92 Å². The van der Waals surface area contributed by atoms with Gasteiger partial charge in [0.25, 0.3) is 0 Å². The van der Waals surface area contributed by atoms with Gasteiger partial charge in [-0.25, -0.2) is 0 Å². The lowest BCUT2D eigenvalue weighted by Crippen LogP contribution is -2.37. The van der Waals surface area contributed by atoms with E-state index in [9.17, 15) is 25.5 Å². The molecule has 3 aromatic rings. The molecule has 3 aromatic carbocycles. The van der Waals surface area contributed by atoms with E-state index >= 15 is 0 Å². The molecule has 2 heterocycles. The number of benzene rings is 3. The van der Waals surface area contributed by atoms with Crippen LogP contribution >= 0.6 is 21.6 Å². The molecule has 0 aromatic heterocycles. The van der Waals surface area contributed by atoms with Crippen LogP contribution in [-0.2, 0) is 0 Å². The lowest BCUT2D eigenvalue weighted by atomic mass is 9.66. The minimum absolute atomic E-state index is 0.0139. The van der Waals surface area contributed by atoms with Crippen molar-refractivity contribution in [2.45, 2.75) is 94.4 Å². The minimum atomic E-state index is -0.987. The zero-order valence-electron chi connectivity index (χ0n) is 29.4. The summed E-state index contributed by atoms with van der Waals surface area (Å²) < 4.78 is 25.1. The molecule has 1 saturated carbocycles. The van der Waals surface area contributed by atoms with E-state index in [1.54, 1.807) is 29.0 Å². The van der Waals surface area contributed by atoms with Crippen LogP contribution in [0.5, 0.6) is 34.5 Å². The molecule has 0 spiro atoms. The van der Waals surface area contributed by atoms with Crippen LogP contribution in [0.1, 0.15) is 104 Å². The summed E-state index contributed by atoms with van der Waals surface area (Å²) in [5.74, 6) is 2.98. The largest absolute Gasteiger partial charge is 0.508 e. The van der Waals surface area contributed by atoms with Crippen LogP contribution in [0.25, 0.3) is 11.1 Å². The molecule has 6 atom stereocenters. The average molecular weight is 739 g/mol. The van der Waals surface area contributed by atoms with Gasteiger partial charge in [-0.05, 0) is 91.3 Å². The Bertz CT molecular complexity index is 1690. The Hall–Kier alpha value is -2.96. The van der Waals surface area contributed by atoms with Gasteiger partial charge in [-0.3, -0.25) is 0 Å².